The number of nitrogens with two attached hydrogens (primary N) is 1. The topological polar surface area (TPSA) is 84.7 Å². The van der Waals surface area contributed by atoms with Gasteiger partial charge in [0.1, 0.15) is 5.82 Å². The van der Waals surface area contributed by atoms with Crippen molar-refractivity contribution < 1.29 is 18.7 Å². The third kappa shape index (κ3) is 3.57. The lowest BCUT2D eigenvalue weighted by molar-refractivity contribution is -0.119. The molecule has 1 aromatic carbocycles. The van der Waals surface area contributed by atoms with E-state index in [9.17, 15) is 14.0 Å². The minimum Gasteiger partial charge on any atom is -0.381 e. The molecule has 0 aromatic heterocycles. The Labute approximate surface area is 140 Å². The quantitative estimate of drug-likeness (QED) is 0.876. The number of halogens is 1. The average Bonchev–Trinajstić information content (AvgIpc) is 3.01. The van der Waals surface area contributed by atoms with E-state index in [2.05, 4.69) is 5.32 Å². The van der Waals surface area contributed by atoms with E-state index < -0.39 is 11.9 Å². The van der Waals surface area contributed by atoms with Gasteiger partial charge in [-0.3, -0.25) is 9.59 Å². The zero-order chi connectivity index (χ0) is 17.1. The first-order chi connectivity index (χ1) is 11.6. The van der Waals surface area contributed by atoms with Crippen LogP contribution in [-0.4, -0.2) is 37.6 Å². The van der Waals surface area contributed by atoms with Gasteiger partial charge >= 0.3 is 0 Å². The monoisotopic (exact) mass is 335 g/mol. The van der Waals surface area contributed by atoms with Crippen LogP contribution in [0.25, 0.3) is 0 Å². The second-order valence-corrected chi connectivity index (χ2v) is 6.28. The molecule has 0 bridgehead atoms. The molecular formula is C17H22FN3O3. The van der Waals surface area contributed by atoms with Gasteiger partial charge < -0.3 is 20.7 Å². The van der Waals surface area contributed by atoms with Crippen molar-refractivity contribution in [2.45, 2.75) is 31.7 Å². The highest BCUT2D eigenvalue weighted by Gasteiger charge is 2.27. The van der Waals surface area contributed by atoms with Gasteiger partial charge in [0.05, 0.1) is 11.7 Å². The average molecular weight is 335 g/mol. The number of hydrogen-bond donors (Lipinski definition) is 2. The van der Waals surface area contributed by atoms with Gasteiger partial charge in [-0.1, -0.05) is 0 Å². The Kier molecular flexibility index (Phi) is 5.11. The van der Waals surface area contributed by atoms with Gasteiger partial charge in [-0.25, -0.2) is 4.39 Å². The second kappa shape index (κ2) is 7.27. The van der Waals surface area contributed by atoms with E-state index in [0.717, 1.165) is 19.3 Å². The number of ether oxygens (including phenoxy) is 1. The van der Waals surface area contributed by atoms with Crippen LogP contribution in [-0.2, 0) is 14.3 Å². The molecular weight excluding hydrogens is 313 g/mol. The Morgan fingerprint density at radius 1 is 1.38 bits per heavy atom. The van der Waals surface area contributed by atoms with Crippen molar-refractivity contribution in [1.82, 2.24) is 0 Å². The molecule has 2 fully saturated rings. The van der Waals surface area contributed by atoms with Gasteiger partial charge in [0, 0.05) is 31.9 Å². The summed E-state index contributed by atoms with van der Waals surface area (Å²) in [5, 5.41) is 2.66. The van der Waals surface area contributed by atoms with E-state index in [1.54, 1.807) is 6.07 Å². The lowest BCUT2D eigenvalue weighted by Gasteiger charge is -2.26. The first kappa shape index (κ1) is 16.9. The van der Waals surface area contributed by atoms with Crippen LogP contribution in [0.1, 0.15) is 25.7 Å². The second-order valence-electron chi connectivity index (χ2n) is 6.28. The number of nitrogens with one attached hydrogen (secondary N) is 1. The first-order valence-corrected chi connectivity index (χ1v) is 8.30. The first-order valence-electron chi connectivity index (χ1n) is 8.30. The van der Waals surface area contributed by atoms with Gasteiger partial charge in [0.2, 0.25) is 11.8 Å². The SMILES string of the molecule is NC(C(=O)Nc1ccc(N2CCCC2=O)c(F)c1)C1CCOCC1. The summed E-state index contributed by atoms with van der Waals surface area (Å²) in [7, 11) is 0. The molecule has 2 amide bonds. The molecule has 2 aliphatic rings. The number of carbonyl (C=O) groups is 2. The summed E-state index contributed by atoms with van der Waals surface area (Å²) in [6.07, 6.45) is 2.67. The van der Waals surface area contributed by atoms with Crippen LogP contribution in [0, 0.1) is 11.7 Å². The Balaban J connectivity index is 1.65. The fourth-order valence-corrected chi connectivity index (χ4v) is 3.22. The largest absolute Gasteiger partial charge is 0.381 e. The van der Waals surface area contributed by atoms with Crippen molar-refractivity contribution in [2.24, 2.45) is 11.7 Å². The van der Waals surface area contributed by atoms with Crippen LogP contribution >= 0.6 is 0 Å². The van der Waals surface area contributed by atoms with Crippen LogP contribution in [0.4, 0.5) is 15.8 Å². The summed E-state index contributed by atoms with van der Waals surface area (Å²) in [6, 6.07) is 3.71. The molecule has 7 heteroatoms. The number of anilines is 2. The molecule has 0 spiro atoms. The van der Waals surface area contributed by atoms with E-state index in [1.165, 1.54) is 17.0 Å². The molecule has 3 rings (SSSR count). The van der Waals surface area contributed by atoms with Gasteiger partial charge in [0.15, 0.2) is 0 Å². The molecule has 1 aromatic rings. The maximum absolute atomic E-state index is 14.3. The smallest absolute Gasteiger partial charge is 0.241 e. The number of carbonyl (C=O) groups excluding carboxylic acids is 2. The summed E-state index contributed by atoms with van der Waals surface area (Å²) < 4.78 is 19.6. The lowest BCUT2D eigenvalue weighted by atomic mass is 9.92. The molecule has 6 nitrogen and oxygen atoms in total. The molecule has 24 heavy (non-hydrogen) atoms. The molecule has 2 heterocycles. The summed E-state index contributed by atoms with van der Waals surface area (Å²) in [5.41, 5.74) is 6.61. The maximum atomic E-state index is 14.3. The zero-order valence-electron chi connectivity index (χ0n) is 13.5. The molecule has 1 unspecified atom stereocenters. The lowest BCUT2D eigenvalue weighted by Crippen LogP contribution is -2.44. The number of benzene rings is 1. The molecule has 2 saturated heterocycles. The molecule has 0 saturated carbocycles. The highest BCUT2D eigenvalue weighted by atomic mass is 19.1. The molecule has 1 atom stereocenters. The number of hydrogen-bond acceptors (Lipinski definition) is 4. The molecule has 0 radical (unpaired) electrons. The summed E-state index contributed by atoms with van der Waals surface area (Å²) in [5.74, 6) is -0.855. The highest BCUT2D eigenvalue weighted by Crippen LogP contribution is 2.27. The molecule has 3 N–H and O–H groups in total. The Hall–Kier alpha value is -1.99. The van der Waals surface area contributed by atoms with Crippen molar-refractivity contribution >= 4 is 23.2 Å². The van der Waals surface area contributed by atoms with Crippen molar-refractivity contribution in [3.63, 3.8) is 0 Å². The summed E-state index contributed by atoms with van der Waals surface area (Å²) in [4.78, 5) is 25.4. The number of nitrogens with zero attached hydrogens (tertiary/aromatic N) is 1. The number of amides is 2. The van der Waals surface area contributed by atoms with E-state index >= 15 is 0 Å². The fraction of sp³-hybridized carbons (Fsp3) is 0.529. The van der Waals surface area contributed by atoms with Crippen molar-refractivity contribution in [3.8, 4) is 0 Å². The van der Waals surface area contributed by atoms with Crippen molar-refractivity contribution in [1.29, 1.82) is 0 Å². The van der Waals surface area contributed by atoms with Crippen LogP contribution in [0.5, 0.6) is 0 Å². The van der Waals surface area contributed by atoms with Gasteiger partial charge in [-0.2, -0.15) is 0 Å². The Morgan fingerprint density at radius 3 is 2.75 bits per heavy atom. The fourth-order valence-electron chi connectivity index (χ4n) is 3.22. The summed E-state index contributed by atoms with van der Waals surface area (Å²) in [6.45, 7) is 1.74. The predicted molar refractivity (Wildman–Crippen MR) is 88.1 cm³/mol. The van der Waals surface area contributed by atoms with Crippen LogP contribution in [0.2, 0.25) is 0 Å². The third-order valence-corrected chi connectivity index (χ3v) is 4.66. The minimum absolute atomic E-state index is 0.0742. The summed E-state index contributed by atoms with van der Waals surface area (Å²) >= 11 is 0. The van der Waals surface area contributed by atoms with Crippen LogP contribution in [0.15, 0.2) is 18.2 Å². The van der Waals surface area contributed by atoms with Crippen molar-refractivity contribution in [3.05, 3.63) is 24.0 Å². The maximum Gasteiger partial charge on any atom is 0.241 e. The molecule has 130 valence electrons. The molecule has 0 aliphatic carbocycles. The third-order valence-electron chi connectivity index (χ3n) is 4.66. The van der Waals surface area contributed by atoms with E-state index in [4.69, 9.17) is 10.5 Å². The van der Waals surface area contributed by atoms with E-state index in [1.807, 2.05) is 0 Å². The standard InChI is InChI=1S/C17H22FN3O3/c18-13-10-12(3-4-14(13)21-7-1-2-15(21)22)20-17(23)16(19)11-5-8-24-9-6-11/h3-4,10-11,16H,1-2,5-9,19H2,(H,20,23). The van der Waals surface area contributed by atoms with Crippen molar-refractivity contribution in [2.75, 3.05) is 30.0 Å². The van der Waals surface area contributed by atoms with Gasteiger partial charge in [0.25, 0.3) is 0 Å². The zero-order valence-corrected chi connectivity index (χ0v) is 13.5. The Bertz CT molecular complexity index is 632. The highest BCUT2D eigenvalue weighted by molar-refractivity contribution is 5.97. The number of rotatable bonds is 4. The minimum atomic E-state index is -0.642. The van der Waals surface area contributed by atoms with E-state index in [0.29, 0.717) is 31.9 Å². The van der Waals surface area contributed by atoms with Crippen LogP contribution < -0.4 is 16.0 Å². The van der Waals surface area contributed by atoms with Gasteiger partial charge in [-0.05, 0) is 43.4 Å². The van der Waals surface area contributed by atoms with Gasteiger partial charge in [-0.15, -0.1) is 0 Å². The van der Waals surface area contributed by atoms with E-state index in [-0.39, 0.29) is 23.4 Å². The predicted octanol–water partition coefficient (Wildman–Crippen LogP) is 1.64. The molecule has 2 aliphatic heterocycles. The Morgan fingerprint density at radius 2 is 2.12 bits per heavy atom. The normalized spacial score (nSPS) is 20.2. The van der Waals surface area contributed by atoms with Crippen LogP contribution in [0.3, 0.4) is 0 Å².